The van der Waals surface area contributed by atoms with E-state index in [0.29, 0.717) is 16.8 Å². The Morgan fingerprint density at radius 1 is 1.00 bits per heavy atom. The van der Waals surface area contributed by atoms with Crippen LogP contribution in [0.2, 0.25) is 0 Å². The van der Waals surface area contributed by atoms with Gasteiger partial charge in [-0.05, 0) is 70.4 Å². The van der Waals surface area contributed by atoms with E-state index >= 15 is 0 Å². The lowest BCUT2D eigenvalue weighted by atomic mass is 10.1. The molecular weight excluding hydrogens is 472 g/mol. The lowest BCUT2D eigenvalue weighted by Gasteiger charge is -2.12. The van der Waals surface area contributed by atoms with Crippen molar-refractivity contribution in [2.75, 3.05) is 5.32 Å². The second-order valence-corrected chi connectivity index (χ2v) is 8.71. The third-order valence-corrected chi connectivity index (χ3v) is 6.19. The SMILES string of the molecule is Cc1ccccc1C(=O)Nc1ccccc1Sc1nc(Br)nn1CCc1ccccc1. The van der Waals surface area contributed by atoms with Gasteiger partial charge < -0.3 is 5.32 Å². The Hall–Kier alpha value is -2.90. The summed E-state index contributed by atoms with van der Waals surface area (Å²) in [6.45, 7) is 2.64. The molecule has 4 aromatic rings. The van der Waals surface area contributed by atoms with Gasteiger partial charge in [-0.2, -0.15) is 4.98 Å². The highest BCUT2D eigenvalue weighted by Crippen LogP contribution is 2.33. The van der Waals surface area contributed by atoms with Crippen molar-refractivity contribution in [1.29, 1.82) is 0 Å². The van der Waals surface area contributed by atoms with Gasteiger partial charge in [0.05, 0.1) is 5.69 Å². The van der Waals surface area contributed by atoms with Gasteiger partial charge in [-0.25, -0.2) is 4.68 Å². The number of nitrogens with zero attached hydrogens (tertiary/aromatic N) is 3. The molecule has 0 saturated carbocycles. The predicted molar refractivity (Wildman–Crippen MR) is 128 cm³/mol. The van der Waals surface area contributed by atoms with E-state index in [1.54, 1.807) is 0 Å². The first-order valence-electron chi connectivity index (χ1n) is 9.88. The second kappa shape index (κ2) is 9.94. The molecular formula is C24H21BrN4OS. The standard InChI is InChI=1S/C24H21BrN4OS/c1-17-9-5-6-12-19(17)22(30)26-20-13-7-8-14-21(20)31-24-27-23(25)28-29(24)16-15-18-10-3-2-4-11-18/h2-14H,15-16H2,1H3,(H,26,30). The Morgan fingerprint density at radius 2 is 1.71 bits per heavy atom. The van der Waals surface area contributed by atoms with Crippen molar-refractivity contribution in [1.82, 2.24) is 14.8 Å². The zero-order valence-corrected chi connectivity index (χ0v) is 19.4. The van der Waals surface area contributed by atoms with Gasteiger partial charge >= 0.3 is 0 Å². The van der Waals surface area contributed by atoms with Crippen molar-refractivity contribution in [3.8, 4) is 0 Å². The highest BCUT2D eigenvalue weighted by molar-refractivity contribution is 9.10. The van der Waals surface area contributed by atoms with Gasteiger partial charge in [-0.3, -0.25) is 4.79 Å². The summed E-state index contributed by atoms with van der Waals surface area (Å²) in [6.07, 6.45) is 0.857. The van der Waals surface area contributed by atoms with Crippen molar-refractivity contribution >= 4 is 39.3 Å². The normalized spacial score (nSPS) is 10.8. The molecule has 4 rings (SSSR count). The monoisotopic (exact) mass is 492 g/mol. The number of para-hydroxylation sites is 1. The summed E-state index contributed by atoms with van der Waals surface area (Å²) in [6, 6.07) is 25.6. The molecule has 156 valence electrons. The molecule has 0 atom stereocenters. The van der Waals surface area contributed by atoms with E-state index in [1.807, 2.05) is 78.3 Å². The topological polar surface area (TPSA) is 59.8 Å². The summed E-state index contributed by atoms with van der Waals surface area (Å²) in [5.41, 5.74) is 3.59. The highest BCUT2D eigenvalue weighted by Gasteiger charge is 2.15. The molecule has 31 heavy (non-hydrogen) atoms. The second-order valence-electron chi connectivity index (χ2n) is 6.99. The molecule has 0 radical (unpaired) electrons. The van der Waals surface area contributed by atoms with E-state index in [0.717, 1.165) is 27.7 Å². The summed E-state index contributed by atoms with van der Waals surface area (Å²) in [4.78, 5) is 18.2. The van der Waals surface area contributed by atoms with E-state index in [9.17, 15) is 4.79 Å². The highest BCUT2D eigenvalue weighted by atomic mass is 79.9. The van der Waals surface area contributed by atoms with Crippen LogP contribution in [0.1, 0.15) is 21.5 Å². The molecule has 0 aliphatic carbocycles. The zero-order chi connectivity index (χ0) is 21.6. The molecule has 1 heterocycles. The van der Waals surface area contributed by atoms with Gasteiger partial charge in [0, 0.05) is 17.0 Å². The zero-order valence-electron chi connectivity index (χ0n) is 17.0. The van der Waals surface area contributed by atoms with Crippen LogP contribution in [0.25, 0.3) is 0 Å². The molecule has 0 fully saturated rings. The molecule has 3 aromatic carbocycles. The number of carbonyl (C=O) groups excluding carboxylic acids is 1. The van der Waals surface area contributed by atoms with Crippen LogP contribution in [0.3, 0.4) is 0 Å². The summed E-state index contributed by atoms with van der Waals surface area (Å²) in [5.74, 6) is -0.127. The van der Waals surface area contributed by atoms with E-state index < -0.39 is 0 Å². The van der Waals surface area contributed by atoms with Crippen molar-refractivity contribution in [2.24, 2.45) is 0 Å². The molecule has 5 nitrogen and oxygen atoms in total. The number of benzene rings is 3. The van der Waals surface area contributed by atoms with Gasteiger partial charge in [-0.15, -0.1) is 5.10 Å². The first kappa shape index (κ1) is 21.3. The molecule has 0 aliphatic rings. The smallest absolute Gasteiger partial charge is 0.255 e. The van der Waals surface area contributed by atoms with Crippen molar-refractivity contribution in [3.05, 3.63) is 100 Å². The van der Waals surface area contributed by atoms with Crippen LogP contribution in [0.4, 0.5) is 5.69 Å². The Bertz CT molecular complexity index is 1190. The average molecular weight is 493 g/mol. The molecule has 1 N–H and O–H groups in total. The van der Waals surface area contributed by atoms with Crippen molar-refractivity contribution in [3.63, 3.8) is 0 Å². The number of hydrogen-bond donors (Lipinski definition) is 1. The maximum Gasteiger partial charge on any atom is 0.255 e. The summed E-state index contributed by atoms with van der Waals surface area (Å²) in [5, 5.41) is 8.29. The van der Waals surface area contributed by atoms with Crippen LogP contribution < -0.4 is 5.32 Å². The molecule has 0 spiro atoms. The van der Waals surface area contributed by atoms with Crippen LogP contribution in [-0.2, 0) is 13.0 Å². The average Bonchev–Trinajstić information content (AvgIpc) is 3.13. The molecule has 1 amide bonds. The number of rotatable bonds is 7. The van der Waals surface area contributed by atoms with Crippen LogP contribution >= 0.6 is 27.7 Å². The fourth-order valence-corrected chi connectivity index (χ4v) is 4.60. The maximum absolute atomic E-state index is 12.8. The van der Waals surface area contributed by atoms with Crippen LogP contribution in [0.15, 0.2) is 93.6 Å². The van der Waals surface area contributed by atoms with Crippen LogP contribution in [0.5, 0.6) is 0 Å². The first-order valence-corrected chi connectivity index (χ1v) is 11.5. The van der Waals surface area contributed by atoms with Crippen LogP contribution in [0, 0.1) is 6.92 Å². The van der Waals surface area contributed by atoms with Gasteiger partial charge in [0.25, 0.3) is 5.91 Å². The number of aryl methyl sites for hydroxylation is 3. The van der Waals surface area contributed by atoms with E-state index in [2.05, 4.69) is 43.5 Å². The number of anilines is 1. The van der Waals surface area contributed by atoms with E-state index in [1.165, 1.54) is 17.3 Å². The Labute approximate surface area is 194 Å². The largest absolute Gasteiger partial charge is 0.321 e. The summed E-state index contributed by atoms with van der Waals surface area (Å²) in [7, 11) is 0. The molecule has 0 unspecified atom stereocenters. The fraction of sp³-hybridized carbons (Fsp3) is 0.125. The van der Waals surface area contributed by atoms with Crippen molar-refractivity contribution < 1.29 is 4.79 Å². The summed E-state index contributed by atoms with van der Waals surface area (Å²) >= 11 is 4.88. The number of aromatic nitrogens is 3. The number of amides is 1. The number of carbonyl (C=O) groups is 1. The first-order chi connectivity index (χ1) is 15.1. The minimum Gasteiger partial charge on any atom is -0.321 e. The minimum atomic E-state index is -0.127. The Morgan fingerprint density at radius 3 is 2.52 bits per heavy atom. The summed E-state index contributed by atoms with van der Waals surface area (Å²) < 4.78 is 2.44. The van der Waals surface area contributed by atoms with Gasteiger partial charge in [0.1, 0.15) is 0 Å². The Kier molecular flexibility index (Phi) is 6.84. The molecule has 7 heteroatoms. The lowest BCUT2D eigenvalue weighted by molar-refractivity contribution is 0.102. The van der Waals surface area contributed by atoms with Gasteiger partial charge in [-0.1, -0.05) is 60.7 Å². The Balaban J connectivity index is 1.53. The molecule has 0 bridgehead atoms. The predicted octanol–water partition coefficient (Wildman–Crippen LogP) is 6.00. The van der Waals surface area contributed by atoms with Crippen LogP contribution in [-0.4, -0.2) is 20.7 Å². The number of hydrogen-bond acceptors (Lipinski definition) is 4. The number of nitrogens with one attached hydrogen (secondary N) is 1. The maximum atomic E-state index is 12.8. The third kappa shape index (κ3) is 5.42. The quantitative estimate of drug-likeness (QED) is 0.343. The fourth-order valence-electron chi connectivity index (χ4n) is 3.18. The molecule has 1 aromatic heterocycles. The lowest BCUT2D eigenvalue weighted by Crippen LogP contribution is -2.14. The molecule has 0 saturated heterocycles. The minimum absolute atomic E-state index is 0.127. The van der Waals surface area contributed by atoms with Crippen molar-refractivity contribution in [2.45, 2.75) is 29.9 Å². The van der Waals surface area contributed by atoms with E-state index in [-0.39, 0.29) is 5.91 Å². The van der Waals surface area contributed by atoms with E-state index in [4.69, 9.17) is 0 Å². The third-order valence-electron chi connectivity index (χ3n) is 4.79. The van der Waals surface area contributed by atoms with Gasteiger partial charge in [0.15, 0.2) is 5.16 Å². The van der Waals surface area contributed by atoms with Gasteiger partial charge in [0.2, 0.25) is 4.73 Å². The molecule has 0 aliphatic heterocycles. The number of halogens is 1.